The van der Waals surface area contributed by atoms with E-state index in [9.17, 15) is 0 Å². The highest BCUT2D eigenvalue weighted by Crippen LogP contribution is 2.39. The highest BCUT2D eigenvalue weighted by molar-refractivity contribution is 6.10. The van der Waals surface area contributed by atoms with Crippen LogP contribution in [0.15, 0.2) is 83.4 Å². The van der Waals surface area contributed by atoms with Crippen LogP contribution in [-0.2, 0) is 7.05 Å². The summed E-state index contributed by atoms with van der Waals surface area (Å²) in [5, 5.41) is 2.36. The molecule has 2 heteroatoms. The Kier molecular flexibility index (Phi) is 5.02. The van der Waals surface area contributed by atoms with Gasteiger partial charge in [-0.05, 0) is 60.6 Å². The van der Waals surface area contributed by atoms with Gasteiger partial charge in [-0.25, -0.2) is 4.57 Å². The maximum absolute atomic E-state index is 6.48. The molecular weight excluding hydrogens is 402 g/mol. The van der Waals surface area contributed by atoms with Crippen molar-refractivity contribution >= 4 is 21.9 Å². The molecule has 2 nitrogen and oxygen atoms in total. The summed E-state index contributed by atoms with van der Waals surface area (Å²) in [6.07, 6.45) is 8.90. The smallest absolute Gasteiger partial charge is 0.212 e. The van der Waals surface area contributed by atoms with E-state index in [2.05, 4.69) is 97.5 Å². The molecule has 0 amide bonds. The van der Waals surface area contributed by atoms with Crippen molar-refractivity contribution in [2.75, 3.05) is 0 Å². The Labute approximate surface area is 195 Å². The molecule has 6 rings (SSSR count). The summed E-state index contributed by atoms with van der Waals surface area (Å²) in [6.45, 7) is 2.17. The highest BCUT2D eigenvalue weighted by atomic mass is 16.3. The first-order valence-corrected chi connectivity index (χ1v) is 12.2. The lowest BCUT2D eigenvalue weighted by Crippen LogP contribution is -2.30. The van der Waals surface area contributed by atoms with Crippen LogP contribution in [0.3, 0.4) is 0 Å². The number of aromatic nitrogens is 1. The normalized spacial score (nSPS) is 14.8. The van der Waals surface area contributed by atoms with Gasteiger partial charge in [0, 0.05) is 34.0 Å². The van der Waals surface area contributed by atoms with Gasteiger partial charge >= 0.3 is 0 Å². The van der Waals surface area contributed by atoms with E-state index < -0.39 is 0 Å². The van der Waals surface area contributed by atoms with Gasteiger partial charge in [0.1, 0.15) is 18.2 Å². The number of pyridine rings is 1. The summed E-state index contributed by atoms with van der Waals surface area (Å²) in [6, 6.07) is 26.6. The van der Waals surface area contributed by atoms with Crippen molar-refractivity contribution in [3.63, 3.8) is 0 Å². The second-order valence-corrected chi connectivity index (χ2v) is 9.60. The molecule has 1 aliphatic carbocycles. The number of furan rings is 1. The fourth-order valence-corrected chi connectivity index (χ4v) is 5.62. The van der Waals surface area contributed by atoms with E-state index in [-0.39, 0.29) is 0 Å². The molecule has 1 aliphatic rings. The van der Waals surface area contributed by atoms with Crippen molar-refractivity contribution in [2.45, 2.75) is 44.9 Å². The molecule has 1 saturated carbocycles. The van der Waals surface area contributed by atoms with E-state index in [1.54, 1.807) is 0 Å². The molecule has 2 heterocycles. The van der Waals surface area contributed by atoms with Gasteiger partial charge < -0.3 is 4.42 Å². The lowest BCUT2D eigenvalue weighted by atomic mass is 9.83. The van der Waals surface area contributed by atoms with Crippen LogP contribution in [-0.4, -0.2) is 0 Å². The third kappa shape index (κ3) is 3.54. The van der Waals surface area contributed by atoms with Gasteiger partial charge in [-0.3, -0.25) is 0 Å². The molecule has 0 aliphatic heterocycles. The Morgan fingerprint density at radius 1 is 0.788 bits per heavy atom. The Bertz CT molecular complexity index is 1450. The van der Waals surface area contributed by atoms with E-state index >= 15 is 0 Å². The van der Waals surface area contributed by atoms with Crippen molar-refractivity contribution < 1.29 is 8.98 Å². The van der Waals surface area contributed by atoms with Crippen LogP contribution in [0.2, 0.25) is 0 Å². The van der Waals surface area contributed by atoms with Crippen molar-refractivity contribution in [1.82, 2.24) is 0 Å². The summed E-state index contributed by atoms with van der Waals surface area (Å²) in [4.78, 5) is 0. The molecule has 0 spiro atoms. The maximum Gasteiger partial charge on any atom is 0.212 e. The summed E-state index contributed by atoms with van der Waals surface area (Å²) >= 11 is 0. The minimum atomic E-state index is 0.732. The Balaban J connectivity index is 1.46. The van der Waals surface area contributed by atoms with Crippen molar-refractivity contribution in [1.29, 1.82) is 0 Å². The molecule has 0 radical (unpaired) electrons. The fraction of sp³-hybridized carbons (Fsp3) is 0.258. The number of hydrogen-bond donors (Lipinski definition) is 0. The van der Waals surface area contributed by atoms with Gasteiger partial charge in [-0.1, -0.05) is 61.7 Å². The summed E-state index contributed by atoms with van der Waals surface area (Å²) in [5.41, 5.74) is 9.50. The van der Waals surface area contributed by atoms with Crippen LogP contribution in [0.1, 0.15) is 49.1 Å². The first-order chi connectivity index (χ1) is 16.2. The summed E-state index contributed by atoms with van der Waals surface area (Å²) in [7, 11) is 2.10. The van der Waals surface area contributed by atoms with E-state index in [1.807, 2.05) is 0 Å². The molecule has 2 aromatic heterocycles. The Hall–Kier alpha value is -3.39. The molecule has 5 aromatic rings. The van der Waals surface area contributed by atoms with Gasteiger partial charge in [-0.15, -0.1) is 0 Å². The molecule has 0 atom stereocenters. The molecule has 0 unspecified atom stereocenters. The van der Waals surface area contributed by atoms with Crippen LogP contribution in [0, 0.1) is 6.92 Å². The van der Waals surface area contributed by atoms with Gasteiger partial charge in [0.2, 0.25) is 5.69 Å². The van der Waals surface area contributed by atoms with Crippen molar-refractivity contribution in [3.05, 3.63) is 90.1 Å². The standard InChI is InChI=1S/C31H30NO/c1-21-19-30-28(20-27(21)29-13-6-7-18-32(29)2)26-12-8-11-25(31(26)33-30)24-16-14-23(15-17-24)22-9-4-3-5-10-22/h6-8,11-20,22H,3-5,9-10H2,1-2H3/q+1. The third-order valence-corrected chi connectivity index (χ3v) is 7.47. The first kappa shape index (κ1) is 20.2. The predicted octanol–water partition coefficient (Wildman–Crippen LogP) is 8.10. The number of benzene rings is 3. The van der Waals surface area contributed by atoms with Crippen molar-refractivity contribution in [3.8, 4) is 22.4 Å². The van der Waals surface area contributed by atoms with Gasteiger partial charge in [0.25, 0.3) is 0 Å². The number of fused-ring (bicyclic) bond motifs is 3. The van der Waals surface area contributed by atoms with Gasteiger partial charge in [-0.2, -0.15) is 0 Å². The van der Waals surface area contributed by atoms with Crippen LogP contribution in [0.4, 0.5) is 0 Å². The number of nitrogens with zero attached hydrogens (tertiary/aromatic N) is 1. The van der Waals surface area contributed by atoms with Crippen LogP contribution in [0.25, 0.3) is 44.3 Å². The molecular formula is C31H30NO+. The highest BCUT2D eigenvalue weighted by Gasteiger charge is 2.19. The third-order valence-electron chi connectivity index (χ3n) is 7.47. The van der Waals surface area contributed by atoms with E-state index in [0.29, 0.717) is 0 Å². The molecule has 0 saturated heterocycles. The minimum absolute atomic E-state index is 0.732. The van der Waals surface area contributed by atoms with Gasteiger partial charge in [0.15, 0.2) is 6.20 Å². The second-order valence-electron chi connectivity index (χ2n) is 9.60. The molecule has 33 heavy (non-hydrogen) atoms. The zero-order chi connectivity index (χ0) is 22.4. The maximum atomic E-state index is 6.48. The topological polar surface area (TPSA) is 17.0 Å². The van der Waals surface area contributed by atoms with Gasteiger partial charge in [0.05, 0.1) is 0 Å². The molecule has 0 N–H and O–H groups in total. The second kappa shape index (κ2) is 8.19. The summed E-state index contributed by atoms with van der Waals surface area (Å²) < 4.78 is 8.66. The van der Waals surface area contributed by atoms with Crippen LogP contribution < -0.4 is 4.57 Å². The van der Waals surface area contributed by atoms with E-state index in [1.165, 1.54) is 76.4 Å². The quantitative estimate of drug-likeness (QED) is 0.263. The van der Waals surface area contributed by atoms with Crippen LogP contribution >= 0.6 is 0 Å². The van der Waals surface area contributed by atoms with Crippen LogP contribution in [0.5, 0.6) is 0 Å². The number of para-hydroxylation sites is 1. The molecule has 164 valence electrons. The number of hydrogen-bond acceptors (Lipinski definition) is 1. The van der Waals surface area contributed by atoms with E-state index in [4.69, 9.17) is 4.42 Å². The monoisotopic (exact) mass is 432 g/mol. The first-order valence-electron chi connectivity index (χ1n) is 12.2. The SMILES string of the molecule is Cc1cc2oc3c(-c4ccc(C5CCCCC5)cc4)cccc3c2cc1-c1cccc[n+]1C. The largest absolute Gasteiger partial charge is 0.455 e. The zero-order valence-corrected chi connectivity index (χ0v) is 19.5. The number of aryl methyl sites for hydroxylation is 2. The zero-order valence-electron chi connectivity index (χ0n) is 19.5. The van der Waals surface area contributed by atoms with E-state index in [0.717, 1.165) is 17.1 Å². The summed E-state index contributed by atoms with van der Waals surface area (Å²) in [5.74, 6) is 0.732. The predicted molar refractivity (Wildman–Crippen MR) is 136 cm³/mol. The molecule has 0 bridgehead atoms. The van der Waals surface area contributed by atoms with Crippen molar-refractivity contribution in [2.24, 2.45) is 7.05 Å². The lowest BCUT2D eigenvalue weighted by Gasteiger charge is -2.22. The molecule has 1 fully saturated rings. The average molecular weight is 433 g/mol. The molecule has 3 aromatic carbocycles. The lowest BCUT2D eigenvalue weighted by molar-refractivity contribution is -0.660. The number of rotatable bonds is 3. The fourth-order valence-electron chi connectivity index (χ4n) is 5.62. The minimum Gasteiger partial charge on any atom is -0.455 e. The Morgan fingerprint density at radius 2 is 1.61 bits per heavy atom. The Morgan fingerprint density at radius 3 is 2.39 bits per heavy atom. The average Bonchev–Trinajstić information content (AvgIpc) is 3.22.